The van der Waals surface area contributed by atoms with Crippen molar-refractivity contribution in [2.24, 2.45) is 5.92 Å². The molecule has 3 nitrogen and oxygen atoms in total. The Balaban J connectivity index is 1.59. The van der Waals surface area contributed by atoms with Gasteiger partial charge < -0.3 is 15.3 Å². The van der Waals surface area contributed by atoms with Crippen LogP contribution >= 0.6 is 0 Å². The van der Waals surface area contributed by atoms with Crippen molar-refractivity contribution in [3.63, 3.8) is 0 Å². The predicted octanol–water partition coefficient (Wildman–Crippen LogP) is 2.39. The Hall–Kier alpha value is -0.120. The molecule has 2 N–H and O–H groups in total. The van der Waals surface area contributed by atoms with Crippen LogP contribution in [0.15, 0.2) is 0 Å². The van der Waals surface area contributed by atoms with Crippen molar-refractivity contribution in [1.29, 1.82) is 0 Å². The van der Waals surface area contributed by atoms with Gasteiger partial charge >= 0.3 is 0 Å². The zero-order valence-electron chi connectivity index (χ0n) is 12.6. The van der Waals surface area contributed by atoms with E-state index in [1.54, 1.807) is 0 Å². The fourth-order valence-corrected chi connectivity index (χ4v) is 3.67. The molecule has 2 aliphatic rings. The predicted molar refractivity (Wildman–Crippen MR) is 80.3 cm³/mol. The Morgan fingerprint density at radius 2 is 1.84 bits per heavy atom. The number of piperidine rings is 1. The topological polar surface area (TPSA) is 35.5 Å². The third-order valence-corrected chi connectivity index (χ3v) is 4.82. The maximum atomic E-state index is 10.2. The van der Waals surface area contributed by atoms with Crippen molar-refractivity contribution in [1.82, 2.24) is 10.2 Å². The van der Waals surface area contributed by atoms with Crippen LogP contribution in [0.3, 0.4) is 0 Å². The van der Waals surface area contributed by atoms with Crippen LogP contribution in [0, 0.1) is 5.92 Å². The molecule has 0 radical (unpaired) electrons. The summed E-state index contributed by atoms with van der Waals surface area (Å²) in [6.45, 7) is 6.58. The largest absolute Gasteiger partial charge is 0.392 e. The minimum absolute atomic E-state index is 0.0942. The van der Waals surface area contributed by atoms with Crippen molar-refractivity contribution in [3.8, 4) is 0 Å². The molecule has 0 spiro atoms. The Kier molecular flexibility index (Phi) is 6.62. The van der Waals surface area contributed by atoms with Crippen LogP contribution in [0.5, 0.6) is 0 Å². The zero-order chi connectivity index (χ0) is 13.5. The van der Waals surface area contributed by atoms with Crippen molar-refractivity contribution < 1.29 is 5.11 Å². The summed E-state index contributed by atoms with van der Waals surface area (Å²) in [5.41, 5.74) is 0. The first-order valence-corrected chi connectivity index (χ1v) is 8.41. The third-order valence-electron chi connectivity index (χ3n) is 4.82. The second kappa shape index (κ2) is 8.23. The highest BCUT2D eigenvalue weighted by atomic mass is 16.3. The van der Waals surface area contributed by atoms with Crippen LogP contribution in [0.25, 0.3) is 0 Å². The average Bonchev–Trinajstić information content (AvgIpc) is 2.90. The van der Waals surface area contributed by atoms with Crippen molar-refractivity contribution in [2.45, 2.75) is 70.4 Å². The summed E-state index contributed by atoms with van der Waals surface area (Å²) in [6.07, 6.45) is 10.1. The Morgan fingerprint density at radius 3 is 2.47 bits per heavy atom. The molecule has 0 aromatic heterocycles. The first-order chi connectivity index (χ1) is 9.28. The first-order valence-electron chi connectivity index (χ1n) is 8.41. The number of likely N-dealkylation sites (tertiary alicyclic amines) is 1. The maximum Gasteiger partial charge on any atom is 0.0669 e. The number of hydrogen-bond donors (Lipinski definition) is 2. The van der Waals surface area contributed by atoms with Crippen LogP contribution in [0.2, 0.25) is 0 Å². The van der Waals surface area contributed by atoms with Crippen LogP contribution < -0.4 is 5.32 Å². The molecule has 1 atom stereocenters. The van der Waals surface area contributed by atoms with Crippen LogP contribution in [0.4, 0.5) is 0 Å². The summed E-state index contributed by atoms with van der Waals surface area (Å²) in [7, 11) is 0. The molecule has 1 unspecified atom stereocenters. The smallest absolute Gasteiger partial charge is 0.0669 e. The molecule has 1 saturated carbocycles. The van der Waals surface area contributed by atoms with Gasteiger partial charge in [0.1, 0.15) is 0 Å². The van der Waals surface area contributed by atoms with Gasteiger partial charge in [-0.05, 0) is 51.2 Å². The second-order valence-corrected chi connectivity index (χ2v) is 6.57. The van der Waals surface area contributed by atoms with Gasteiger partial charge in [-0.2, -0.15) is 0 Å². The van der Waals surface area contributed by atoms with Gasteiger partial charge in [0.25, 0.3) is 0 Å². The lowest BCUT2D eigenvalue weighted by Crippen LogP contribution is -2.45. The SMILES string of the molecule is CCCNC1CCN(CC(O)CC2CCCC2)CC1. The summed E-state index contributed by atoms with van der Waals surface area (Å²) >= 11 is 0. The van der Waals surface area contributed by atoms with Gasteiger partial charge in [-0.3, -0.25) is 0 Å². The van der Waals surface area contributed by atoms with Gasteiger partial charge in [-0.15, -0.1) is 0 Å². The van der Waals surface area contributed by atoms with E-state index in [0.29, 0.717) is 6.04 Å². The van der Waals surface area contributed by atoms with Crippen LogP contribution in [-0.2, 0) is 0 Å². The summed E-state index contributed by atoms with van der Waals surface area (Å²) in [6, 6.07) is 0.711. The standard InChI is InChI=1S/C16H32N2O/c1-2-9-17-15-7-10-18(11-8-15)13-16(19)12-14-5-3-4-6-14/h14-17,19H,2-13H2,1H3. The van der Waals surface area contributed by atoms with E-state index in [1.165, 1.54) is 44.9 Å². The summed E-state index contributed by atoms with van der Waals surface area (Å²) in [5.74, 6) is 0.804. The van der Waals surface area contributed by atoms with E-state index in [2.05, 4.69) is 17.1 Å². The lowest BCUT2D eigenvalue weighted by molar-refractivity contribution is 0.0769. The molecule has 2 rings (SSSR count). The fraction of sp³-hybridized carbons (Fsp3) is 1.00. The fourth-order valence-electron chi connectivity index (χ4n) is 3.67. The lowest BCUT2D eigenvalue weighted by Gasteiger charge is -2.34. The number of nitrogens with zero attached hydrogens (tertiary/aromatic N) is 1. The molecular weight excluding hydrogens is 236 g/mol. The summed E-state index contributed by atoms with van der Waals surface area (Å²) in [5, 5.41) is 13.8. The van der Waals surface area contributed by atoms with E-state index in [1.807, 2.05) is 0 Å². The summed E-state index contributed by atoms with van der Waals surface area (Å²) < 4.78 is 0. The van der Waals surface area contributed by atoms with Gasteiger partial charge in [0.2, 0.25) is 0 Å². The monoisotopic (exact) mass is 268 g/mol. The molecule has 112 valence electrons. The molecule has 2 fully saturated rings. The Labute approximate surface area is 118 Å². The minimum Gasteiger partial charge on any atom is -0.392 e. The molecule has 0 amide bonds. The highest BCUT2D eigenvalue weighted by molar-refractivity contribution is 4.79. The van der Waals surface area contributed by atoms with Gasteiger partial charge in [-0.25, -0.2) is 0 Å². The number of rotatable bonds is 7. The van der Waals surface area contributed by atoms with E-state index in [4.69, 9.17) is 0 Å². The Bertz CT molecular complexity index is 233. The van der Waals surface area contributed by atoms with Gasteiger partial charge in [-0.1, -0.05) is 32.6 Å². The number of aliphatic hydroxyl groups is 1. The molecule has 3 heteroatoms. The molecule has 1 aliphatic carbocycles. The average molecular weight is 268 g/mol. The van der Waals surface area contributed by atoms with Crippen LogP contribution in [-0.4, -0.2) is 48.3 Å². The van der Waals surface area contributed by atoms with Crippen molar-refractivity contribution in [3.05, 3.63) is 0 Å². The lowest BCUT2D eigenvalue weighted by atomic mass is 9.98. The summed E-state index contributed by atoms with van der Waals surface area (Å²) in [4.78, 5) is 2.46. The van der Waals surface area contributed by atoms with E-state index >= 15 is 0 Å². The molecule has 1 aliphatic heterocycles. The molecular formula is C16H32N2O. The van der Waals surface area contributed by atoms with Crippen molar-refractivity contribution in [2.75, 3.05) is 26.2 Å². The van der Waals surface area contributed by atoms with E-state index in [-0.39, 0.29) is 6.10 Å². The van der Waals surface area contributed by atoms with Gasteiger partial charge in [0, 0.05) is 12.6 Å². The highest BCUT2D eigenvalue weighted by Gasteiger charge is 2.23. The zero-order valence-corrected chi connectivity index (χ0v) is 12.6. The van der Waals surface area contributed by atoms with E-state index in [9.17, 15) is 5.11 Å². The molecule has 1 saturated heterocycles. The van der Waals surface area contributed by atoms with Gasteiger partial charge in [0.05, 0.1) is 6.10 Å². The number of nitrogens with one attached hydrogen (secondary N) is 1. The third kappa shape index (κ3) is 5.41. The highest BCUT2D eigenvalue weighted by Crippen LogP contribution is 2.28. The molecule has 1 heterocycles. The molecule has 19 heavy (non-hydrogen) atoms. The molecule has 0 aromatic rings. The quantitative estimate of drug-likeness (QED) is 0.744. The number of β-amino-alcohol motifs (C(OH)–C–C–N with tert-alkyl or cyclic N) is 1. The minimum atomic E-state index is -0.0942. The first kappa shape index (κ1) is 15.3. The molecule has 0 aromatic carbocycles. The maximum absolute atomic E-state index is 10.2. The number of hydrogen-bond acceptors (Lipinski definition) is 3. The number of aliphatic hydroxyl groups excluding tert-OH is 1. The van der Waals surface area contributed by atoms with Gasteiger partial charge in [0.15, 0.2) is 0 Å². The van der Waals surface area contributed by atoms with E-state index in [0.717, 1.165) is 38.5 Å². The van der Waals surface area contributed by atoms with E-state index < -0.39 is 0 Å². The Morgan fingerprint density at radius 1 is 1.16 bits per heavy atom. The van der Waals surface area contributed by atoms with Crippen LogP contribution in [0.1, 0.15) is 58.3 Å². The normalized spacial score (nSPS) is 24.9. The van der Waals surface area contributed by atoms with Crippen molar-refractivity contribution >= 4 is 0 Å². The second-order valence-electron chi connectivity index (χ2n) is 6.57. The molecule has 0 bridgehead atoms.